The lowest BCUT2D eigenvalue weighted by atomic mass is 10.2. The average molecular weight is 316 g/mol. The SMILES string of the molecule is CCOC(=O)c1cc(C(C)=O)nn(-c2cccc(OC)c2)c1=O. The van der Waals surface area contributed by atoms with E-state index in [-0.39, 0.29) is 23.6 Å². The number of methoxy groups -OCH3 is 1. The minimum Gasteiger partial charge on any atom is -0.497 e. The zero-order chi connectivity index (χ0) is 17.0. The quantitative estimate of drug-likeness (QED) is 0.615. The van der Waals surface area contributed by atoms with Crippen molar-refractivity contribution in [3.63, 3.8) is 0 Å². The van der Waals surface area contributed by atoms with Crippen molar-refractivity contribution in [2.75, 3.05) is 13.7 Å². The van der Waals surface area contributed by atoms with Gasteiger partial charge in [0.2, 0.25) is 0 Å². The highest BCUT2D eigenvalue weighted by Gasteiger charge is 2.19. The second kappa shape index (κ2) is 6.87. The molecule has 7 heteroatoms. The van der Waals surface area contributed by atoms with Gasteiger partial charge in [0.1, 0.15) is 17.0 Å². The summed E-state index contributed by atoms with van der Waals surface area (Å²) in [5, 5.41) is 4.01. The Balaban J connectivity index is 2.69. The van der Waals surface area contributed by atoms with Crippen LogP contribution in [0.5, 0.6) is 5.75 Å². The van der Waals surface area contributed by atoms with Crippen molar-refractivity contribution in [2.24, 2.45) is 0 Å². The monoisotopic (exact) mass is 316 g/mol. The Labute approximate surface area is 132 Å². The molecule has 1 heterocycles. The Hall–Kier alpha value is -2.96. The molecule has 0 N–H and O–H groups in total. The number of ether oxygens (including phenoxy) is 2. The number of esters is 1. The molecule has 0 saturated carbocycles. The number of hydrogen-bond donors (Lipinski definition) is 0. The first-order valence-corrected chi connectivity index (χ1v) is 6.94. The molecule has 0 fully saturated rings. The maximum atomic E-state index is 12.5. The van der Waals surface area contributed by atoms with Gasteiger partial charge in [-0.3, -0.25) is 9.59 Å². The molecular formula is C16H16N2O5. The molecule has 1 aromatic heterocycles. The van der Waals surface area contributed by atoms with E-state index < -0.39 is 11.5 Å². The summed E-state index contributed by atoms with van der Waals surface area (Å²) in [5.41, 5.74) is -0.532. The van der Waals surface area contributed by atoms with Crippen LogP contribution in [0.1, 0.15) is 34.7 Å². The van der Waals surface area contributed by atoms with Gasteiger partial charge in [0.25, 0.3) is 5.56 Å². The topological polar surface area (TPSA) is 87.5 Å². The van der Waals surface area contributed by atoms with Gasteiger partial charge >= 0.3 is 5.97 Å². The summed E-state index contributed by atoms with van der Waals surface area (Å²) in [4.78, 5) is 36.1. The summed E-state index contributed by atoms with van der Waals surface area (Å²) in [6, 6.07) is 7.73. The van der Waals surface area contributed by atoms with Gasteiger partial charge in [-0.2, -0.15) is 9.78 Å². The molecule has 0 aliphatic heterocycles. The minimum atomic E-state index is -0.793. The van der Waals surface area contributed by atoms with Crippen molar-refractivity contribution in [2.45, 2.75) is 13.8 Å². The standard InChI is InChI=1S/C16H16N2O5/c1-4-23-16(21)13-9-14(10(2)19)17-18(15(13)20)11-6-5-7-12(8-11)22-3/h5-9H,4H2,1-3H3. The van der Waals surface area contributed by atoms with Crippen LogP contribution in [-0.4, -0.2) is 35.2 Å². The molecule has 2 rings (SSSR count). The van der Waals surface area contributed by atoms with Crippen LogP contribution in [0.3, 0.4) is 0 Å². The van der Waals surface area contributed by atoms with Gasteiger partial charge < -0.3 is 9.47 Å². The molecule has 1 aromatic carbocycles. The molecule has 120 valence electrons. The zero-order valence-electron chi connectivity index (χ0n) is 13.0. The van der Waals surface area contributed by atoms with Crippen molar-refractivity contribution in [3.05, 3.63) is 51.9 Å². The third kappa shape index (κ3) is 3.45. The highest BCUT2D eigenvalue weighted by molar-refractivity contribution is 5.96. The summed E-state index contributed by atoms with van der Waals surface area (Å²) < 4.78 is 11.0. The number of hydrogen-bond acceptors (Lipinski definition) is 6. The second-order valence-electron chi connectivity index (χ2n) is 4.64. The first-order valence-electron chi connectivity index (χ1n) is 6.94. The third-order valence-corrected chi connectivity index (χ3v) is 3.07. The van der Waals surface area contributed by atoms with Crippen LogP contribution in [-0.2, 0) is 4.74 Å². The van der Waals surface area contributed by atoms with Gasteiger partial charge in [-0.05, 0) is 25.1 Å². The largest absolute Gasteiger partial charge is 0.497 e. The number of rotatable bonds is 5. The van der Waals surface area contributed by atoms with Crippen molar-refractivity contribution >= 4 is 11.8 Å². The third-order valence-electron chi connectivity index (χ3n) is 3.07. The van der Waals surface area contributed by atoms with Gasteiger partial charge in [0.05, 0.1) is 19.4 Å². The van der Waals surface area contributed by atoms with Crippen LogP contribution < -0.4 is 10.3 Å². The summed E-state index contributed by atoms with van der Waals surface area (Å²) in [5.74, 6) is -0.645. The molecule has 0 unspecified atom stereocenters. The van der Waals surface area contributed by atoms with E-state index in [1.165, 1.54) is 14.0 Å². The van der Waals surface area contributed by atoms with Crippen molar-refractivity contribution < 1.29 is 19.1 Å². The zero-order valence-corrected chi connectivity index (χ0v) is 13.0. The van der Waals surface area contributed by atoms with E-state index in [9.17, 15) is 14.4 Å². The molecule has 0 spiro atoms. The molecule has 2 aromatic rings. The number of benzene rings is 1. The fourth-order valence-corrected chi connectivity index (χ4v) is 1.94. The van der Waals surface area contributed by atoms with E-state index in [0.717, 1.165) is 10.7 Å². The van der Waals surface area contributed by atoms with Gasteiger partial charge in [-0.15, -0.1) is 0 Å². The Morgan fingerprint density at radius 1 is 1.26 bits per heavy atom. The molecule has 0 aliphatic carbocycles. The molecule has 0 bridgehead atoms. The van der Waals surface area contributed by atoms with E-state index in [4.69, 9.17) is 9.47 Å². The predicted octanol–water partition coefficient (Wildman–Crippen LogP) is 1.62. The predicted molar refractivity (Wildman–Crippen MR) is 82.3 cm³/mol. The number of ketones is 1. The lowest BCUT2D eigenvalue weighted by Gasteiger charge is -2.10. The lowest BCUT2D eigenvalue weighted by molar-refractivity contribution is 0.0523. The van der Waals surface area contributed by atoms with E-state index in [1.54, 1.807) is 31.2 Å². The van der Waals surface area contributed by atoms with Gasteiger partial charge in [0.15, 0.2) is 5.78 Å². The van der Waals surface area contributed by atoms with Crippen molar-refractivity contribution in [3.8, 4) is 11.4 Å². The number of carbonyl (C=O) groups excluding carboxylic acids is 2. The number of Topliss-reactive ketones (excluding diaryl/α,β-unsaturated/α-hetero) is 1. The number of nitrogens with zero attached hydrogens (tertiary/aromatic N) is 2. The van der Waals surface area contributed by atoms with Crippen LogP contribution in [0, 0.1) is 0 Å². The molecule has 0 aliphatic rings. The maximum Gasteiger partial charge on any atom is 0.343 e. The van der Waals surface area contributed by atoms with E-state index >= 15 is 0 Å². The Bertz CT molecular complexity index is 810. The number of aromatic nitrogens is 2. The normalized spacial score (nSPS) is 10.2. The van der Waals surface area contributed by atoms with Crippen LogP contribution >= 0.6 is 0 Å². The molecular weight excluding hydrogens is 300 g/mol. The van der Waals surface area contributed by atoms with Crippen LogP contribution in [0.4, 0.5) is 0 Å². The lowest BCUT2D eigenvalue weighted by Crippen LogP contribution is -2.30. The highest BCUT2D eigenvalue weighted by Crippen LogP contribution is 2.15. The average Bonchev–Trinajstić information content (AvgIpc) is 2.55. The fourth-order valence-electron chi connectivity index (χ4n) is 1.94. The molecule has 7 nitrogen and oxygen atoms in total. The fraction of sp³-hybridized carbons (Fsp3) is 0.250. The second-order valence-corrected chi connectivity index (χ2v) is 4.64. The summed E-state index contributed by atoms with van der Waals surface area (Å²) in [7, 11) is 1.49. The molecule has 0 amide bonds. The summed E-state index contributed by atoms with van der Waals surface area (Å²) in [6.07, 6.45) is 0. The first-order chi connectivity index (χ1) is 11.0. The Kier molecular flexibility index (Phi) is 4.90. The van der Waals surface area contributed by atoms with Crippen LogP contribution in [0.25, 0.3) is 5.69 Å². The number of carbonyl (C=O) groups is 2. The Morgan fingerprint density at radius 3 is 2.61 bits per heavy atom. The van der Waals surface area contributed by atoms with E-state index in [2.05, 4.69) is 5.10 Å². The van der Waals surface area contributed by atoms with Crippen LogP contribution in [0.15, 0.2) is 35.1 Å². The molecule has 0 saturated heterocycles. The first kappa shape index (κ1) is 16.4. The Morgan fingerprint density at radius 2 is 2.00 bits per heavy atom. The van der Waals surface area contributed by atoms with E-state index in [1.807, 2.05) is 0 Å². The van der Waals surface area contributed by atoms with Crippen LogP contribution in [0.2, 0.25) is 0 Å². The van der Waals surface area contributed by atoms with Crippen molar-refractivity contribution in [1.29, 1.82) is 0 Å². The molecule has 23 heavy (non-hydrogen) atoms. The smallest absolute Gasteiger partial charge is 0.343 e. The summed E-state index contributed by atoms with van der Waals surface area (Å²) in [6.45, 7) is 3.05. The molecule has 0 atom stereocenters. The maximum absolute atomic E-state index is 12.5. The van der Waals surface area contributed by atoms with E-state index in [0.29, 0.717) is 11.4 Å². The van der Waals surface area contributed by atoms with Gasteiger partial charge in [-0.25, -0.2) is 4.79 Å². The van der Waals surface area contributed by atoms with Gasteiger partial charge in [-0.1, -0.05) is 6.07 Å². The minimum absolute atomic E-state index is 0.00419. The summed E-state index contributed by atoms with van der Waals surface area (Å²) >= 11 is 0. The van der Waals surface area contributed by atoms with Crippen molar-refractivity contribution in [1.82, 2.24) is 9.78 Å². The molecule has 0 radical (unpaired) electrons. The highest BCUT2D eigenvalue weighted by atomic mass is 16.5. The van der Waals surface area contributed by atoms with Gasteiger partial charge in [0, 0.05) is 13.0 Å².